The molecule has 35 heavy (non-hydrogen) atoms. The Morgan fingerprint density at radius 3 is 2.43 bits per heavy atom. The Morgan fingerprint density at radius 1 is 1.06 bits per heavy atom. The number of carbonyl (C=O) groups excluding carboxylic acids is 1. The van der Waals surface area contributed by atoms with Crippen LogP contribution < -0.4 is 0 Å². The van der Waals surface area contributed by atoms with Crippen LogP contribution in [0, 0.1) is 26.7 Å². The molecule has 0 spiro atoms. The molecule has 0 amide bonds. The van der Waals surface area contributed by atoms with Crippen LogP contribution in [0.5, 0.6) is 0 Å². The van der Waals surface area contributed by atoms with E-state index in [9.17, 15) is 14.7 Å². The normalized spacial score (nSPS) is 15.5. The average molecular weight is 485 g/mol. The van der Waals surface area contributed by atoms with Crippen molar-refractivity contribution < 1.29 is 14.7 Å². The van der Waals surface area contributed by atoms with E-state index < -0.39 is 17.9 Å². The van der Waals surface area contributed by atoms with E-state index in [4.69, 9.17) is 4.99 Å². The summed E-state index contributed by atoms with van der Waals surface area (Å²) in [4.78, 5) is 29.7. The molecule has 2 aromatic carbocycles. The van der Waals surface area contributed by atoms with E-state index in [1.807, 2.05) is 54.0 Å². The summed E-state index contributed by atoms with van der Waals surface area (Å²) in [7, 11) is 0. The summed E-state index contributed by atoms with van der Waals surface area (Å²) < 4.78 is 1.95. The Hall–Kier alpha value is -3.91. The number of rotatable bonds is 5. The molecule has 0 saturated carbocycles. The number of aldehydes is 1. The first-order valence-electron chi connectivity index (χ1n) is 11.3. The second kappa shape index (κ2) is 8.70. The highest BCUT2D eigenvalue weighted by molar-refractivity contribution is 7.15. The Bertz CT molecular complexity index is 1500. The summed E-state index contributed by atoms with van der Waals surface area (Å²) in [5.74, 6) is -0.500. The van der Waals surface area contributed by atoms with Gasteiger partial charge in [0.1, 0.15) is 16.9 Å². The van der Waals surface area contributed by atoms with Crippen LogP contribution in [0.1, 0.15) is 56.5 Å². The van der Waals surface area contributed by atoms with Gasteiger partial charge in [0.25, 0.3) is 0 Å². The molecule has 1 unspecified atom stereocenters. The molecule has 1 aliphatic rings. The van der Waals surface area contributed by atoms with Crippen molar-refractivity contribution in [1.82, 2.24) is 14.8 Å². The standard InChI is InChI=1S/C27H24N4O3S/c1-14-16(3)35-26-22(14)24(28-23(15(2)27(33)34)25-30-29-17(4)31(25)26)19-11-9-18(10-12-19)21-8-6-5-7-20(21)13-32/h5-13,15,23H,1-4H3,(H,33,34)/t15?,23-/m0/s1. The molecule has 8 heteroatoms. The van der Waals surface area contributed by atoms with Gasteiger partial charge in [0.2, 0.25) is 0 Å². The third-order valence-electron chi connectivity index (χ3n) is 6.61. The van der Waals surface area contributed by atoms with E-state index in [0.29, 0.717) is 17.2 Å². The maximum Gasteiger partial charge on any atom is 0.308 e. The lowest BCUT2D eigenvalue weighted by Crippen LogP contribution is -2.21. The van der Waals surface area contributed by atoms with Crippen LogP contribution in [0.4, 0.5) is 0 Å². The highest BCUT2D eigenvalue weighted by Gasteiger charge is 2.36. The minimum atomic E-state index is -0.940. The highest BCUT2D eigenvalue weighted by Crippen LogP contribution is 2.40. The molecule has 2 atom stereocenters. The zero-order valence-corrected chi connectivity index (χ0v) is 20.6. The maximum absolute atomic E-state index is 12.0. The van der Waals surface area contributed by atoms with Crippen molar-refractivity contribution in [2.45, 2.75) is 33.7 Å². The summed E-state index contributed by atoms with van der Waals surface area (Å²) in [6.45, 7) is 7.66. The third-order valence-corrected chi connectivity index (χ3v) is 7.80. The van der Waals surface area contributed by atoms with Crippen LogP contribution in [0.2, 0.25) is 0 Å². The number of hydrogen-bond acceptors (Lipinski definition) is 6. The summed E-state index contributed by atoms with van der Waals surface area (Å²) in [6, 6.07) is 14.7. The number of hydrogen-bond donors (Lipinski definition) is 1. The van der Waals surface area contributed by atoms with Gasteiger partial charge in [-0.2, -0.15) is 0 Å². The Morgan fingerprint density at radius 2 is 1.74 bits per heavy atom. The Kier molecular flexibility index (Phi) is 5.68. The van der Waals surface area contributed by atoms with Crippen molar-refractivity contribution >= 4 is 29.3 Å². The minimum absolute atomic E-state index is 0.534. The lowest BCUT2D eigenvalue weighted by Gasteiger charge is -2.16. The molecule has 0 saturated heterocycles. The molecule has 4 aromatic rings. The monoisotopic (exact) mass is 484 g/mol. The zero-order chi connectivity index (χ0) is 24.9. The van der Waals surface area contributed by atoms with E-state index >= 15 is 0 Å². The second-order valence-electron chi connectivity index (χ2n) is 8.74. The third kappa shape index (κ3) is 3.70. The molecule has 3 heterocycles. The van der Waals surface area contributed by atoms with Crippen molar-refractivity contribution in [2.75, 3.05) is 0 Å². The predicted molar refractivity (Wildman–Crippen MR) is 136 cm³/mol. The van der Waals surface area contributed by atoms with Gasteiger partial charge in [-0.05, 0) is 44.4 Å². The molecule has 1 N–H and O–H groups in total. The van der Waals surface area contributed by atoms with Crippen LogP contribution in [-0.2, 0) is 4.79 Å². The lowest BCUT2D eigenvalue weighted by atomic mass is 9.95. The largest absolute Gasteiger partial charge is 0.481 e. The SMILES string of the molecule is Cc1sc2c(c1C)C(c1ccc(-c3ccccc3C=O)cc1)=N[C@@H](C(C)C(=O)O)c1nnc(C)n1-2. The van der Waals surface area contributed by atoms with Crippen molar-refractivity contribution in [1.29, 1.82) is 0 Å². The molecular weight excluding hydrogens is 460 g/mol. The van der Waals surface area contributed by atoms with Crippen LogP contribution in [0.3, 0.4) is 0 Å². The fourth-order valence-electron chi connectivity index (χ4n) is 4.49. The summed E-state index contributed by atoms with van der Waals surface area (Å²) in [5, 5.41) is 19.4. The molecule has 0 radical (unpaired) electrons. The zero-order valence-electron chi connectivity index (χ0n) is 19.8. The molecule has 5 rings (SSSR count). The number of carboxylic acid groups (broad SMARTS) is 1. The van der Waals surface area contributed by atoms with Crippen LogP contribution in [-0.4, -0.2) is 37.8 Å². The number of aryl methyl sites for hydroxylation is 2. The number of aliphatic carboxylic acids is 1. The number of carbonyl (C=O) groups is 2. The first-order chi connectivity index (χ1) is 16.8. The van der Waals surface area contributed by atoms with Gasteiger partial charge in [0.15, 0.2) is 12.1 Å². The summed E-state index contributed by atoms with van der Waals surface area (Å²) >= 11 is 1.63. The summed E-state index contributed by atoms with van der Waals surface area (Å²) in [6.07, 6.45) is 0.859. The van der Waals surface area contributed by atoms with Gasteiger partial charge in [-0.15, -0.1) is 21.5 Å². The number of aromatic nitrogens is 3. The first kappa shape index (κ1) is 22.9. The van der Waals surface area contributed by atoms with E-state index in [1.165, 1.54) is 0 Å². The average Bonchev–Trinajstić information content (AvgIpc) is 3.33. The highest BCUT2D eigenvalue weighted by atomic mass is 32.1. The van der Waals surface area contributed by atoms with Gasteiger partial charge in [-0.1, -0.05) is 48.5 Å². The molecule has 176 valence electrons. The number of benzene rings is 2. The molecular formula is C27H24N4O3S. The topological polar surface area (TPSA) is 97.4 Å². The number of aliphatic imine (C=N–C) groups is 1. The molecule has 7 nitrogen and oxygen atoms in total. The van der Waals surface area contributed by atoms with Gasteiger partial charge in [-0.25, -0.2) is 0 Å². The van der Waals surface area contributed by atoms with Gasteiger partial charge in [-0.3, -0.25) is 19.1 Å². The summed E-state index contributed by atoms with van der Waals surface area (Å²) in [5.41, 5.74) is 6.09. The quantitative estimate of drug-likeness (QED) is 0.385. The van der Waals surface area contributed by atoms with E-state index in [-0.39, 0.29) is 0 Å². The number of fused-ring (bicyclic) bond motifs is 3. The van der Waals surface area contributed by atoms with E-state index in [2.05, 4.69) is 24.0 Å². The maximum atomic E-state index is 12.0. The Balaban J connectivity index is 1.72. The fourth-order valence-corrected chi connectivity index (χ4v) is 5.70. The van der Waals surface area contributed by atoms with Gasteiger partial charge in [0, 0.05) is 21.6 Å². The van der Waals surface area contributed by atoms with Gasteiger partial charge < -0.3 is 5.11 Å². The molecule has 0 aliphatic carbocycles. The molecule has 0 bridgehead atoms. The fraction of sp³-hybridized carbons (Fsp3) is 0.222. The smallest absolute Gasteiger partial charge is 0.308 e. The van der Waals surface area contributed by atoms with Gasteiger partial charge >= 0.3 is 5.97 Å². The van der Waals surface area contributed by atoms with Crippen LogP contribution >= 0.6 is 11.3 Å². The molecule has 0 fully saturated rings. The Labute approximate surface area is 206 Å². The van der Waals surface area contributed by atoms with Crippen LogP contribution in [0.15, 0.2) is 53.5 Å². The lowest BCUT2D eigenvalue weighted by molar-refractivity contribution is -0.141. The van der Waals surface area contributed by atoms with Crippen molar-refractivity contribution in [3.05, 3.63) is 87.3 Å². The van der Waals surface area contributed by atoms with Crippen molar-refractivity contribution in [2.24, 2.45) is 10.9 Å². The molecule has 2 aromatic heterocycles. The second-order valence-corrected chi connectivity index (χ2v) is 9.94. The van der Waals surface area contributed by atoms with Crippen molar-refractivity contribution in [3.63, 3.8) is 0 Å². The number of thiophene rings is 1. The first-order valence-corrected chi connectivity index (χ1v) is 12.1. The van der Waals surface area contributed by atoms with Crippen LogP contribution in [0.25, 0.3) is 16.1 Å². The number of carboxylic acids is 1. The van der Waals surface area contributed by atoms with Gasteiger partial charge in [0.05, 0.1) is 11.6 Å². The minimum Gasteiger partial charge on any atom is -0.481 e. The number of nitrogens with zero attached hydrogens (tertiary/aromatic N) is 4. The van der Waals surface area contributed by atoms with Crippen molar-refractivity contribution in [3.8, 4) is 16.1 Å². The van der Waals surface area contributed by atoms with E-state index in [1.54, 1.807) is 24.3 Å². The van der Waals surface area contributed by atoms with E-state index in [0.717, 1.165) is 49.7 Å². The molecule has 1 aliphatic heterocycles. The predicted octanol–water partition coefficient (Wildman–Crippen LogP) is 5.35.